The molecule has 0 aliphatic carbocycles. The van der Waals surface area contributed by atoms with Crippen LogP contribution in [0.1, 0.15) is 11.1 Å². The van der Waals surface area contributed by atoms with Gasteiger partial charge in [-0.15, -0.1) is 10.2 Å². The second kappa shape index (κ2) is 11.0. The maximum Gasteiger partial charge on any atom is 0.250 e. The highest BCUT2D eigenvalue weighted by Crippen LogP contribution is 2.38. The molecule has 3 rings (SSSR count). The lowest BCUT2D eigenvalue weighted by molar-refractivity contribution is -0.111. The number of rotatable bonds is 9. The molecule has 0 fully saturated rings. The van der Waals surface area contributed by atoms with Crippen molar-refractivity contribution < 1.29 is 19.0 Å². The fraction of sp³-hybridized carbons (Fsp3) is 0.190. The molecule has 162 valence electrons. The van der Waals surface area contributed by atoms with Gasteiger partial charge in [0.05, 0.1) is 21.3 Å². The number of thioether (sulfide) groups is 1. The van der Waals surface area contributed by atoms with Gasteiger partial charge in [0.25, 0.3) is 0 Å². The highest BCUT2D eigenvalue weighted by Gasteiger charge is 2.13. The summed E-state index contributed by atoms with van der Waals surface area (Å²) in [5, 5.41) is 12.0. The second-order valence-corrected chi connectivity index (χ2v) is 8.64. The van der Waals surface area contributed by atoms with E-state index in [1.807, 2.05) is 24.3 Å². The summed E-state index contributed by atoms with van der Waals surface area (Å²) in [7, 11) is 4.61. The molecule has 1 aromatic heterocycles. The molecular formula is C21H20ClN3O4S2. The zero-order valence-electron chi connectivity index (χ0n) is 17.0. The van der Waals surface area contributed by atoms with Gasteiger partial charge in [0.2, 0.25) is 16.8 Å². The number of halogens is 1. The number of carbonyl (C=O) groups is 1. The van der Waals surface area contributed by atoms with E-state index < -0.39 is 0 Å². The monoisotopic (exact) mass is 477 g/mol. The van der Waals surface area contributed by atoms with Gasteiger partial charge in [-0.05, 0) is 35.4 Å². The number of benzene rings is 2. The Morgan fingerprint density at radius 1 is 1.13 bits per heavy atom. The molecule has 0 saturated heterocycles. The van der Waals surface area contributed by atoms with Crippen LogP contribution in [-0.4, -0.2) is 37.4 Å². The van der Waals surface area contributed by atoms with Crippen LogP contribution in [0.15, 0.2) is 46.8 Å². The van der Waals surface area contributed by atoms with Gasteiger partial charge in [-0.2, -0.15) is 0 Å². The Balaban J connectivity index is 1.61. The van der Waals surface area contributed by atoms with E-state index in [1.165, 1.54) is 50.5 Å². The van der Waals surface area contributed by atoms with Gasteiger partial charge >= 0.3 is 0 Å². The smallest absolute Gasteiger partial charge is 0.250 e. The van der Waals surface area contributed by atoms with Crippen LogP contribution in [0.25, 0.3) is 6.08 Å². The van der Waals surface area contributed by atoms with Crippen molar-refractivity contribution in [2.24, 2.45) is 0 Å². The number of nitrogens with zero attached hydrogens (tertiary/aromatic N) is 2. The highest BCUT2D eigenvalue weighted by molar-refractivity contribution is 8.00. The lowest BCUT2D eigenvalue weighted by Gasteiger charge is -2.12. The van der Waals surface area contributed by atoms with E-state index in [1.54, 1.807) is 18.2 Å². The molecule has 1 amide bonds. The summed E-state index contributed by atoms with van der Waals surface area (Å²) in [6.07, 6.45) is 3.05. The Morgan fingerprint density at radius 2 is 1.84 bits per heavy atom. The topological polar surface area (TPSA) is 82.6 Å². The quantitative estimate of drug-likeness (QED) is 0.259. The number of aromatic nitrogens is 2. The molecule has 10 heteroatoms. The molecule has 0 atom stereocenters. The Morgan fingerprint density at radius 3 is 2.48 bits per heavy atom. The first-order chi connectivity index (χ1) is 15.0. The van der Waals surface area contributed by atoms with Gasteiger partial charge in [-0.1, -0.05) is 52.9 Å². The zero-order valence-corrected chi connectivity index (χ0v) is 19.4. The lowest BCUT2D eigenvalue weighted by Crippen LogP contribution is -2.07. The second-order valence-electron chi connectivity index (χ2n) is 6.03. The molecule has 1 heterocycles. The lowest BCUT2D eigenvalue weighted by atomic mass is 10.1. The van der Waals surface area contributed by atoms with Crippen molar-refractivity contribution in [1.82, 2.24) is 10.2 Å². The minimum absolute atomic E-state index is 0.326. The molecule has 0 aliphatic heterocycles. The minimum atomic E-state index is -0.326. The van der Waals surface area contributed by atoms with Gasteiger partial charge in [0.1, 0.15) is 0 Å². The Bertz CT molecular complexity index is 1060. The number of hydrogen-bond acceptors (Lipinski definition) is 8. The summed E-state index contributed by atoms with van der Waals surface area (Å²) in [5.74, 6) is 1.84. The van der Waals surface area contributed by atoms with Gasteiger partial charge in [-0.3, -0.25) is 10.1 Å². The van der Waals surface area contributed by atoms with Crippen LogP contribution in [-0.2, 0) is 10.5 Å². The van der Waals surface area contributed by atoms with E-state index in [2.05, 4.69) is 15.5 Å². The van der Waals surface area contributed by atoms with Crippen LogP contribution >= 0.6 is 34.7 Å². The first kappa shape index (κ1) is 22.9. The van der Waals surface area contributed by atoms with Gasteiger partial charge in [0.15, 0.2) is 15.8 Å². The normalized spacial score (nSPS) is 10.8. The highest BCUT2D eigenvalue weighted by atomic mass is 35.5. The van der Waals surface area contributed by atoms with Gasteiger partial charge in [0, 0.05) is 16.9 Å². The summed E-state index contributed by atoms with van der Waals surface area (Å²) in [6, 6.07) is 11.1. The summed E-state index contributed by atoms with van der Waals surface area (Å²) in [5.41, 5.74) is 1.74. The number of carbonyl (C=O) groups excluding carboxylic acids is 1. The molecule has 0 unspecified atom stereocenters. The molecule has 0 bridgehead atoms. The summed E-state index contributed by atoms with van der Waals surface area (Å²) in [4.78, 5) is 12.3. The molecule has 0 radical (unpaired) electrons. The first-order valence-corrected chi connectivity index (χ1v) is 11.2. The minimum Gasteiger partial charge on any atom is -0.493 e. The first-order valence-electron chi connectivity index (χ1n) is 9.02. The van der Waals surface area contributed by atoms with Crippen LogP contribution in [0, 0.1) is 0 Å². The van der Waals surface area contributed by atoms with Crippen LogP contribution in [0.3, 0.4) is 0 Å². The van der Waals surface area contributed by atoms with Crippen LogP contribution in [0.2, 0.25) is 5.02 Å². The maximum atomic E-state index is 12.3. The van der Waals surface area contributed by atoms with E-state index in [0.29, 0.717) is 33.2 Å². The average Bonchev–Trinajstić information content (AvgIpc) is 3.23. The van der Waals surface area contributed by atoms with Crippen molar-refractivity contribution in [2.45, 2.75) is 10.1 Å². The van der Waals surface area contributed by atoms with Crippen molar-refractivity contribution in [3.05, 3.63) is 58.6 Å². The number of methoxy groups -OCH3 is 3. The molecule has 0 aliphatic rings. The van der Waals surface area contributed by atoms with E-state index >= 15 is 0 Å². The number of anilines is 1. The summed E-state index contributed by atoms with van der Waals surface area (Å²) in [6.45, 7) is 0. The molecular weight excluding hydrogens is 458 g/mol. The standard InChI is InChI=1S/C21H20ClN3O4S2/c1-27-16-10-13(11-17(28-2)19(16)29-3)8-9-18(26)23-20-24-25-21(31-20)30-12-14-6-4-5-7-15(14)22/h4-11H,12H2,1-3H3,(H,23,24,26)/b9-8+. The summed E-state index contributed by atoms with van der Waals surface area (Å²) < 4.78 is 16.7. The molecule has 31 heavy (non-hydrogen) atoms. The Labute approximate surface area is 193 Å². The zero-order chi connectivity index (χ0) is 22.2. The van der Waals surface area contributed by atoms with Crippen LogP contribution in [0.4, 0.5) is 5.13 Å². The average molecular weight is 478 g/mol. The molecule has 7 nitrogen and oxygen atoms in total. The fourth-order valence-corrected chi connectivity index (χ4v) is 4.63. The van der Waals surface area contributed by atoms with E-state index in [9.17, 15) is 4.79 Å². The summed E-state index contributed by atoms with van der Waals surface area (Å²) >= 11 is 8.98. The predicted octanol–water partition coefficient (Wildman–Crippen LogP) is 5.16. The van der Waals surface area contributed by atoms with Crippen LogP contribution < -0.4 is 19.5 Å². The van der Waals surface area contributed by atoms with E-state index in [4.69, 9.17) is 25.8 Å². The largest absolute Gasteiger partial charge is 0.493 e. The van der Waals surface area contributed by atoms with Crippen LogP contribution in [0.5, 0.6) is 17.2 Å². The van der Waals surface area contributed by atoms with Crippen molar-refractivity contribution in [3.63, 3.8) is 0 Å². The SMILES string of the molecule is COc1cc(/C=C/C(=O)Nc2nnc(SCc3ccccc3Cl)s2)cc(OC)c1OC. The molecule has 0 spiro atoms. The van der Waals surface area contributed by atoms with Crippen molar-refractivity contribution in [1.29, 1.82) is 0 Å². The molecule has 0 saturated carbocycles. The van der Waals surface area contributed by atoms with Gasteiger partial charge < -0.3 is 14.2 Å². The number of nitrogens with one attached hydrogen (secondary N) is 1. The van der Waals surface area contributed by atoms with Gasteiger partial charge in [-0.25, -0.2) is 0 Å². The van der Waals surface area contributed by atoms with E-state index in [0.717, 1.165) is 15.5 Å². The van der Waals surface area contributed by atoms with Crippen molar-refractivity contribution >= 4 is 51.8 Å². The third-order valence-corrected chi connectivity index (χ3v) is 6.45. The van der Waals surface area contributed by atoms with Crippen molar-refractivity contribution in [2.75, 3.05) is 26.6 Å². The number of ether oxygens (including phenoxy) is 3. The number of amides is 1. The van der Waals surface area contributed by atoms with E-state index in [-0.39, 0.29) is 5.91 Å². The number of hydrogen-bond donors (Lipinski definition) is 1. The third kappa shape index (κ3) is 6.13. The molecule has 2 aromatic carbocycles. The Hall–Kier alpha value is -2.75. The predicted molar refractivity (Wildman–Crippen MR) is 125 cm³/mol. The fourth-order valence-electron chi connectivity index (χ4n) is 2.59. The Kier molecular flexibility index (Phi) is 8.16. The molecule has 3 aromatic rings. The molecule has 1 N–H and O–H groups in total. The third-order valence-electron chi connectivity index (χ3n) is 4.06. The maximum absolute atomic E-state index is 12.3. The van der Waals surface area contributed by atoms with Crippen molar-refractivity contribution in [3.8, 4) is 17.2 Å².